The van der Waals surface area contributed by atoms with Crippen molar-refractivity contribution in [2.24, 2.45) is 0 Å². The Morgan fingerprint density at radius 3 is 2.88 bits per heavy atom. The van der Waals surface area contributed by atoms with Gasteiger partial charge in [-0.05, 0) is 25.1 Å². The third kappa shape index (κ3) is 3.97. The van der Waals surface area contributed by atoms with Gasteiger partial charge in [0.1, 0.15) is 11.6 Å². The molecule has 0 radical (unpaired) electrons. The SMILES string of the molecule is CCn1nc(-c2ccc(Cl)c(F)c2)nc1CC(=O)Nc1cnccn1. The fourth-order valence-corrected chi connectivity index (χ4v) is 2.33. The minimum atomic E-state index is -0.547. The largest absolute Gasteiger partial charge is 0.309 e. The van der Waals surface area contributed by atoms with Crippen LogP contribution >= 0.6 is 11.6 Å². The Labute approximate surface area is 147 Å². The number of hydrogen-bond acceptors (Lipinski definition) is 5. The van der Waals surface area contributed by atoms with E-state index in [4.69, 9.17) is 11.6 Å². The maximum absolute atomic E-state index is 13.6. The van der Waals surface area contributed by atoms with Gasteiger partial charge in [-0.3, -0.25) is 9.78 Å². The van der Waals surface area contributed by atoms with Gasteiger partial charge in [0.05, 0.1) is 17.6 Å². The molecule has 0 aliphatic rings. The van der Waals surface area contributed by atoms with Crippen molar-refractivity contribution < 1.29 is 9.18 Å². The van der Waals surface area contributed by atoms with Crippen molar-refractivity contribution in [3.8, 4) is 11.4 Å². The van der Waals surface area contributed by atoms with E-state index in [9.17, 15) is 9.18 Å². The first-order chi connectivity index (χ1) is 12.1. The fourth-order valence-electron chi connectivity index (χ4n) is 2.21. The van der Waals surface area contributed by atoms with Crippen LogP contribution in [0.1, 0.15) is 12.7 Å². The maximum Gasteiger partial charge on any atom is 0.233 e. The van der Waals surface area contributed by atoms with Crippen molar-refractivity contribution in [3.63, 3.8) is 0 Å². The highest BCUT2D eigenvalue weighted by atomic mass is 35.5. The summed E-state index contributed by atoms with van der Waals surface area (Å²) < 4.78 is 15.2. The minimum absolute atomic E-state index is 0.00743. The lowest BCUT2D eigenvalue weighted by Gasteiger charge is -2.04. The molecule has 0 aliphatic carbocycles. The van der Waals surface area contributed by atoms with Gasteiger partial charge in [0.25, 0.3) is 0 Å². The Morgan fingerprint density at radius 2 is 2.20 bits per heavy atom. The maximum atomic E-state index is 13.6. The highest BCUT2D eigenvalue weighted by Crippen LogP contribution is 2.22. The summed E-state index contributed by atoms with van der Waals surface area (Å²) in [7, 11) is 0. The van der Waals surface area contributed by atoms with Crippen LogP contribution in [-0.2, 0) is 17.8 Å². The molecule has 0 unspecified atom stereocenters. The standard InChI is InChI=1S/C16H14ClFN6O/c1-2-24-14(8-15(25)21-13-9-19-5-6-20-13)22-16(23-24)10-3-4-11(17)12(18)7-10/h3-7,9H,2,8H2,1H3,(H,20,21,25). The lowest BCUT2D eigenvalue weighted by molar-refractivity contribution is -0.115. The number of carbonyl (C=O) groups is 1. The molecule has 0 bridgehead atoms. The highest BCUT2D eigenvalue weighted by molar-refractivity contribution is 6.30. The number of amides is 1. The predicted molar refractivity (Wildman–Crippen MR) is 90.5 cm³/mol. The average molecular weight is 361 g/mol. The third-order valence-electron chi connectivity index (χ3n) is 3.38. The molecule has 2 aromatic heterocycles. The lowest BCUT2D eigenvalue weighted by atomic mass is 10.2. The van der Waals surface area contributed by atoms with E-state index < -0.39 is 5.82 Å². The molecule has 3 aromatic rings. The average Bonchev–Trinajstić information content (AvgIpc) is 3.01. The second-order valence-electron chi connectivity index (χ2n) is 5.11. The molecule has 1 aromatic carbocycles. The number of halogens is 2. The van der Waals surface area contributed by atoms with Crippen molar-refractivity contribution in [3.05, 3.63) is 53.5 Å². The smallest absolute Gasteiger partial charge is 0.233 e. The zero-order valence-electron chi connectivity index (χ0n) is 13.3. The van der Waals surface area contributed by atoms with Crippen molar-refractivity contribution in [2.75, 3.05) is 5.32 Å². The molecule has 2 heterocycles. The number of nitrogens with zero attached hydrogens (tertiary/aromatic N) is 5. The lowest BCUT2D eigenvalue weighted by Crippen LogP contribution is -2.18. The molecule has 0 atom stereocenters. The van der Waals surface area contributed by atoms with Crippen molar-refractivity contribution in [1.29, 1.82) is 0 Å². The van der Waals surface area contributed by atoms with Crippen LogP contribution in [0.2, 0.25) is 5.02 Å². The Morgan fingerprint density at radius 1 is 1.36 bits per heavy atom. The van der Waals surface area contributed by atoms with Crippen LogP contribution in [0.4, 0.5) is 10.2 Å². The predicted octanol–water partition coefficient (Wildman–Crippen LogP) is 2.73. The summed E-state index contributed by atoms with van der Waals surface area (Å²) >= 11 is 5.69. The van der Waals surface area contributed by atoms with Gasteiger partial charge in [-0.15, -0.1) is 0 Å². The van der Waals surface area contributed by atoms with E-state index in [-0.39, 0.29) is 17.4 Å². The van der Waals surface area contributed by atoms with Gasteiger partial charge in [0.15, 0.2) is 11.6 Å². The first kappa shape index (κ1) is 17.0. The quantitative estimate of drug-likeness (QED) is 0.756. The molecular weight excluding hydrogens is 347 g/mol. The summed E-state index contributed by atoms with van der Waals surface area (Å²) in [6, 6.07) is 4.34. The first-order valence-electron chi connectivity index (χ1n) is 7.52. The molecule has 128 valence electrons. The Bertz CT molecular complexity index is 899. The van der Waals surface area contributed by atoms with E-state index >= 15 is 0 Å². The van der Waals surface area contributed by atoms with Gasteiger partial charge in [-0.1, -0.05) is 11.6 Å². The zero-order valence-corrected chi connectivity index (χ0v) is 14.0. The molecular formula is C16H14ClFN6O. The van der Waals surface area contributed by atoms with E-state index in [2.05, 4.69) is 25.4 Å². The molecule has 25 heavy (non-hydrogen) atoms. The first-order valence-corrected chi connectivity index (χ1v) is 7.89. The van der Waals surface area contributed by atoms with Crippen LogP contribution in [0, 0.1) is 5.82 Å². The second-order valence-corrected chi connectivity index (χ2v) is 5.52. The van der Waals surface area contributed by atoms with Crippen LogP contribution in [0.25, 0.3) is 11.4 Å². The van der Waals surface area contributed by atoms with Crippen LogP contribution in [-0.4, -0.2) is 30.6 Å². The van der Waals surface area contributed by atoms with Gasteiger partial charge < -0.3 is 5.32 Å². The number of rotatable bonds is 5. The monoisotopic (exact) mass is 360 g/mol. The van der Waals surface area contributed by atoms with Crippen molar-refractivity contribution >= 4 is 23.3 Å². The van der Waals surface area contributed by atoms with Crippen LogP contribution < -0.4 is 5.32 Å². The van der Waals surface area contributed by atoms with E-state index in [1.165, 1.54) is 30.7 Å². The molecule has 0 aliphatic heterocycles. The summed E-state index contributed by atoms with van der Waals surface area (Å²) in [6.07, 6.45) is 4.45. The van der Waals surface area contributed by atoms with Gasteiger partial charge in [-0.2, -0.15) is 5.10 Å². The van der Waals surface area contributed by atoms with Gasteiger partial charge in [-0.25, -0.2) is 19.0 Å². The summed E-state index contributed by atoms with van der Waals surface area (Å²) in [4.78, 5) is 24.4. The van der Waals surface area contributed by atoms with E-state index in [0.717, 1.165) is 0 Å². The molecule has 1 N–H and O–H groups in total. The number of benzene rings is 1. The summed E-state index contributed by atoms with van der Waals surface area (Å²) in [5, 5.41) is 6.98. The molecule has 1 amide bonds. The molecule has 9 heteroatoms. The number of anilines is 1. The van der Waals surface area contributed by atoms with Gasteiger partial charge in [0, 0.05) is 24.5 Å². The minimum Gasteiger partial charge on any atom is -0.309 e. The zero-order chi connectivity index (χ0) is 17.8. The van der Waals surface area contributed by atoms with Crippen LogP contribution in [0.5, 0.6) is 0 Å². The normalized spacial score (nSPS) is 10.7. The number of carbonyl (C=O) groups excluding carboxylic acids is 1. The Balaban J connectivity index is 1.80. The van der Waals surface area contributed by atoms with E-state index in [1.807, 2.05) is 6.92 Å². The number of aromatic nitrogens is 5. The highest BCUT2D eigenvalue weighted by Gasteiger charge is 2.15. The molecule has 0 saturated carbocycles. The van der Waals surface area contributed by atoms with Crippen molar-refractivity contribution in [2.45, 2.75) is 19.9 Å². The number of aryl methyl sites for hydroxylation is 1. The summed E-state index contributed by atoms with van der Waals surface area (Å²) in [5.41, 5.74) is 0.490. The van der Waals surface area contributed by atoms with E-state index in [0.29, 0.717) is 29.6 Å². The molecule has 0 saturated heterocycles. The topological polar surface area (TPSA) is 85.6 Å². The fraction of sp³-hybridized carbons (Fsp3) is 0.188. The summed E-state index contributed by atoms with van der Waals surface area (Å²) in [6.45, 7) is 2.40. The molecule has 0 fully saturated rings. The van der Waals surface area contributed by atoms with Gasteiger partial charge >= 0.3 is 0 Å². The van der Waals surface area contributed by atoms with Crippen molar-refractivity contribution in [1.82, 2.24) is 24.7 Å². The van der Waals surface area contributed by atoms with Gasteiger partial charge in [0.2, 0.25) is 5.91 Å². The Hall–Kier alpha value is -2.87. The molecule has 0 spiro atoms. The number of hydrogen-bond donors (Lipinski definition) is 1. The number of nitrogens with one attached hydrogen (secondary N) is 1. The molecule has 7 nitrogen and oxygen atoms in total. The Kier molecular flexibility index (Phi) is 4.99. The third-order valence-corrected chi connectivity index (χ3v) is 3.68. The van der Waals surface area contributed by atoms with Crippen LogP contribution in [0.3, 0.4) is 0 Å². The molecule has 3 rings (SSSR count). The van der Waals surface area contributed by atoms with Crippen LogP contribution in [0.15, 0.2) is 36.8 Å². The van der Waals surface area contributed by atoms with E-state index in [1.54, 1.807) is 10.7 Å². The second kappa shape index (κ2) is 7.35. The summed E-state index contributed by atoms with van der Waals surface area (Å²) in [5.74, 6) is 0.314.